The zero-order valence-electron chi connectivity index (χ0n) is 17.2. The lowest BCUT2D eigenvalue weighted by molar-refractivity contribution is 0.0176. The molecule has 0 radical (unpaired) electrons. The minimum Gasteiger partial charge on any atom is -0.379 e. The third-order valence-electron chi connectivity index (χ3n) is 5.05. The van der Waals surface area contributed by atoms with E-state index in [0.29, 0.717) is 6.04 Å². The Morgan fingerprint density at radius 1 is 1.32 bits per heavy atom. The summed E-state index contributed by atoms with van der Waals surface area (Å²) in [6.45, 7) is 7.40. The van der Waals surface area contributed by atoms with Gasteiger partial charge in [-0.1, -0.05) is 0 Å². The lowest BCUT2D eigenvalue weighted by Crippen LogP contribution is -2.46. The van der Waals surface area contributed by atoms with E-state index in [1.165, 1.54) is 15.4 Å². The third-order valence-corrected chi connectivity index (χ3v) is 6.16. The van der Waals surface area contributed by atoms with E-state index in [4.69, 9.17) is 4.74 Å². The number of nitrogens with one attached hydrogen (secondary N) is 1. The van der Waals surface area contributed by atoms with Crippen molar-refractivity contribution in [2.75, 3.05) is 46.9 Å². The summed E-state index contributed by atoms with van der Waals surface area (Å²) < 4.78 is 7.70. The van der Waals surface area contributed by atoms with Gasteiger partial charge in [0.1, 0.15) is 0 Å². The molecule has 1 saturated heterocycles. The molecule has 8 heteroatoms. The van der Waals surface area contributed by atoms with Gasteiger partial charge < -0.3 is 19.5 Å². The highest BCUT2D eigenvalue weighted by Crippen LogP contribution is 2.28. The maximum Gasteiger partial charge on any atom is 0.193 e. The van der Waals surface area contributed by atoms with Crippen LogP contribution in [0.1, 0.15) is 21.5 Å². The molecule has 1 unspecified atom stereocenters. The SMILES string of the molecule is CN=C(NCC(c1ccc(C)s1)N1CCOCC1)N(C)Cc1cccn1C.I. The Bertz CT molecular complexity index is 753. The van der Waals surface area contributed by atoms with E-state index in [2.05, 4.69) is 76.2 Å². The van der Waals surface area contributed by atoms with E-state index < -0.39 is 0 Å². The van der Waals surface area contributed by atoms with E-state index in [-0.39, 0.29) is 24.0 Å². The van der Waals surface area contributed by atoms with Gasteiger partial charge in [0.15, 0.2) is 5.96 Å². The first-order valence-electron chi connectivity index (χ1n) is 9.48. The molecule has 2 aromatic heterocycles. The molecule has 156 valence electrons. The van der Waals surface area contributed by atoms with E-state index in [1.54, 1.807) is 0 Å². The molecule has 1 N–H and O–H groups in total. The summed E-state index contributed by atoms with van der Waals surface area (Å²) in [6.07, 6.45) is 2.08. The Balaban J connectivity index is 0.00000280. The van der Waals surface area contributed by atoms with Crippen LogP contribution in [0.3, 0.4) is 0 Å². The number of rotatable bonds is 6. The number of nitrogens with zero attached hydrogens (tertiary/aromatic N) is 4. The number of thiophene rings is 1. The molecule has 0 bridgehead atoms. The Labute approximate surface area is 189 Å². The lowest BCUT2D eigenvalue weighted by Gasteiger charge is -2.35. The molecule has 0 spiro atoms. The van der Waals surface area contributed by atoms with Crippen LogP contribution in [-0.4, -0.2) is 67.3 Å². The third kappa shape index (κ3) is 5.95. The molecule has 1 aliphatic heterocycles. The molecule has 3 heterocycles. The van der Waals surface area contributed by atoms with Gasteiger partial charge in [0.25, 0.3) is 0 Å². The lowest BCUT2D eigenvalue weighted by atomic mass is 10.2. The van der Waals surface area contributed by atoms with Gasteiger partial charge in [-0.15, -0.1) is 35.3 Å². The summed E-state index contributed by atoms with van der Waals surface area (Å²) in [7, 11) is 6.01. The highest BCUT2D eigenvalue weighted by Gasteiger charge is 2.24. The maximum absolute atomic E-state index is 5.55. The van der Waals surface area contributed by atoms with Crippen molar-refractivity contribution in [2.24, 2.45) is 12.0 Å². The smallest absolute Gasteiger partial charge is 0.193 e. The summed E-state index contributed by atoms with van der Waals surface area (Å²) in [4.78, 5) is 11.9. The first-order chi connectivity index (χ1) is 13.1. The van der Waals surface area contributed by atoms with E-state index >= 15 is 0 Å². The van der Waals surface area contributed by atoms with Crippen LogP contribution >= 0.6 is 35.3 Å². The number of morpholine rings is 1. The van der Waals surface area contributed by atoms with Gasteiger partial charge in [-0.25, -0.2) is 0 Å². The number of hydrogen-bond acceptors (Lipinski definition) is 4. The molecular weight excluding hydrogens is 485 g/mol. The van der Waals surface area contributed by atoms with Crippen molar-refractivity contribution in [1.29, 1.82) is 0 Å². The van der Waals surface area contributed by atoms with E-state index in [0.717, 1.165) is 45.4 Å². The Morgan fingerprint density at radius 2 is 2.07 bits per heavy atom. The molecule has 3 rings (SSSR count). The summed E-state index contributed by atoms with van der Waals surface area (Å²) in [6, 6.07) is 9.04. The predicted octanol–water partition coefficient (Wildman–Crippen LogP) is 3.09. The minimum atomic E-state index is 0. The molecule has 6 nitrogen and oxygen atoms in total. The van der Waals surface area contributed by atoms with Crippen LogP contribution in [0.25, 0.3) is 0 Å². The zero-order valence-corrected chi connectivity index (χ0v) is 20.4. The molecule has 0 aromatic carbocycles. The number of aryl methyl sites for hydroxylation is 2. The molecule has 0 aliphatic carbocycles. The van der Waals surface area contributed by atoms with Crippen molar-refractivity contribution >= 4 is 41.3 Å². The Morgan fingerprint density at radius 3 is 2.64 bits per heavy atom. The summed E-state index contributed by atoms with van der Waals surface area (Å²) in [5.74, 6) is 0.919. The van der Waals surface area contributed by atoms with Gasteiger partial charge in [-0.2, -0.15) is 0 Å². The number of halogens is 1. The Kier molecular flexibility index (Phi) is 9.26. The van der Waals surface area contributed by atoms with Crippen LogP contribution in [0.15, 0.2) is 35.5 Å². The number of guanidine groups is 1. The van der Waals surface area contributed by atoms with Crippen LogP contribution in [0.5, 0.6) is 0 Å². The topological polar surface area (TPSA) is 45.0 Å². The minimum absolute atomic E-state index is 0. The quantitative estimate of drug-likeness (QED) is 0.364. The fourth-order valence-electron chi connectivity index (χ4n) is 3.48. The fourth-order valence-corrected chi connectivity index (χ4v) is 4.50. The Hall–Kier alpha value is -1.10. The zero-order chi connectivity index (χ0) is 19.2. The number of ether oxygens (including phenoxy) is 1. The largest absolute Gasteiger partial charge is 0.379 e. The molecule has 2 aromatic rings. The highest BCUT2D eigenvalue weighted by molar-refractivity contribution is 14.0. The molecule has 1 atom stereocenters. The summed E-state index contributed by atoms with van der Waals surface area (Å²) in [5, 5.41) is 3.60. The first kappa shape index (κ1) is 23.2. The van der Waals surface area contributed by atoms with Crippen molar-refractivity contribution in [3.63, 3.8) is 0 Å². The first-order valence-corrected chi connectivity index (χ1v) is 10.3. The standard InChI is InChI=1S/C20H31N5OS.HI/c1-16-7-8-19(27-16)18(25-10-12-26-13-11-25)14-22-20(21-2)24(4)15-17-6-5-9-23(17)3;/h5-9,18H,10-15H2,1-4H3,(H,21,22);1H. The van der Waals surface area contributed by atoms with Gasteiger partial charge in [0.05, 0.1) is 25.8 Å². The summed E-state index contributed by atoms with van der Waals surface area (Å²) >= 11 is 1.88. The second-order valence-electron chi connectivity index (χ2n) is 7.01. The normalized spacial score (nSPS) is 16.5. The number of aromatic nitrogens is 1. The van der Waals surface area contributed by atoms with Crippen molar-refractivity contribution < 1.29 is 4.74 Å². The monoisotopic (exact) mass is 517 g/mol. The predicted molar refractivity (Wildman–Crippen MR) is 128 cm³/mol. The van der Waals surface area contributed by atoms with E-state index in [1.807, 2.05) is 18.4 Å². The number of aliphatic imine (C=N–C) groups is 1. The van der Waals surface area contributed by atoms with Gasteiger partial charge in [-0.05, 0) is 31.2 Å². The molecule has 1 fully saturated rings. The molecule has 1 aliphatic rings. The van der Waals surface area contributed by atoms with Crippen molar-refractivity contribution in [3.8, 4) is 0 Å². The molecule has 0 saturated carbocycles. The van der Waals surface area contributed by atoms with Gasteiger partial charge >= 0.3 is 0 Å². The van der Waals surface area contributed by atoms with Crippen LogP contribution in [0, 0.1) is 6.92 Å². The molecule has 0 amide bonds. The van der Waals surface area contributed by atoms with Crippen LogP contribution in [-0.2, 0) is 18.3 Å². The molecule has 28 heavy (non-hydrogen) atoms. The van der Waals surface area contributed by atoms with Gasteiger partial charge in [-0.3, -0.25) is 9.89 Å². The van der Waals surface area contributed by atoms with Crippen molar-refractivity contribution in [2.45, 2.75) is 19.5 Å². The van der Waals surface area contributed by atoms with E-state index in [9.17, 15) is 0 Å². The molecular formula is C20H32IN5OS. The number of hydrogen-bond donors (Lipinski definition) is 1. The maximum atomic E-state index is 5.55. The van der Waals surface area contributed by atoms with Crippen molar-refractivity contribution in [3.05, 3.63) is 45.9 Å². The van der Waals surface area contributed by atoms with Crippen molar-refractivity contribution in [1.82, 2.24) is 19.7 Å². The van der Waals surface area contributed by atoms with Crippen LogP contribution < -0.4 is 5.32 Å². The average Bonchev–Trinajstić information content (AvgIpc) is 3.28. The van der Waals surface area contributed by atoms with Gasteiger partial charge in [0, 0.05) is 62.4 Å². The second kappa shape index (κ2) is 11.2. The fraction of sp³-hybridized carbons (Fsp3) is 0.550. The second-order valence-corrected chi connectivity index (χ2v) is 8.33. The highest BCUT2D eigenvalue weighted by atomic mass is 127. The van der Waals surface area contributed by atoms with Crippen LogP contribution in [0.4, 0.5) is 0 Å². The average molecular weight is 517 g/mol. The van der Waals surface area contributed by atoms with Crippen LogP contribution in [0.2, 0.25) is 0 Å². The van der Waals surface area contributed by atoms with Gasteiger partial charge in [0.2, 0.25) is 0 Å². The summed E-state index contributed by atoms with van der Waals surface area (Å²) in [5.41, 5.74) is 1.26.